The molecule has 0 aliphatic heterocycles. The van der Waals surface area contributed by atoms with Crippen LogP contribution in [0.25, 0.3) is 0 Å². The Morgan fingerprint density at radius 3 is 2.18 bits per heavy atom. The first-order valence-electron chi connectivity index (χ1n) is 9.12. The van der Waals surface area contributed by atoms with E-state index in [0.717, 1.165) is 16.7 Å². The van der Waals surface area contributed by atoms with Crippen LogP contribution in [0.3, 0.4) is 0 Å². The molecule has 150 valence electrons. The number of rotatable bonds is 7. The van der Waals surface area contributed by atoms with Gasteiger partial charge in [0.2, 0.25) is 0 Å². The topological polar surface area (TPSA) is 64.6 Å². The predicted octanol–water partition coefficient (Wildman–Crippen LogP) is 4.80. The van der Waals surface area contributed by atoms with Crippen LogP contribution in [0.4, 0.5) is 4.79 Å². The van der Waals surface area contributed by atoms with Crippen molar-refractivity contribution >= 4 is 34.7 Å². The molecule has 0 heterocycles. The Labute approximate surface area is 179 Å². The van der Waals surface area contributed by atoms with Gasteiger partial charge in [-0.3, -0.25) is 4.79 Å². The SMILES string of the molecule is CC(C)(C)OC(=O)N[C@H](I)Cc1ccc(CC(=O)OCc2ccccc2)cc1. The second-order valence-electron chi connectivity index (χ2n) is 7.46. The maximum atomic E-state index is 12.0. The van der Waals surface area contributed by atoms with E-state index in [9.17, 15) is 9.59 Å². The van der Waals surface area contributed by atoms with E-state index in [1.165, 1.54) is 0 Å². The summed E-state index contributed by atoms with van der Waals surface area (Å²) in [6.07, 6.45) is 0.472. The quantitative estimate of drug-likeness (QED) is 0.260. The fourth-order valence-corrected chi connectivity index (χ4v) is 3.21. The predicted molar refractivity (Wildman–Crippen MR) is 117 cm³/mol. The van der Waals surface area contributed by atoms with Gasteiger partial charge in [-0.15, -0.1) is 0 Å². The Bertz CT molecular complexity index is 769. The van der Waals surface area contributed by atoms with E-state index in [4.69, 9.17) is 9.47 Å². The molecule has 5 nitrogen and oxygen atoms in total. The third kappa shape index (κ3) is 8.73. The lowest BCUT2D eigenvalue weighted by molar-refractivity contribution is -0.144. The van der Waals surface area contributed by atoms with Gasteiger partial charge in [-0.25, -0.2) is 4.79 Å². The first-order chi connectivity index (χ1) is 13.2. The molecule has 0 aliphatic rings. The van der Waals surface area contributed by atoms with E-state index < -0.39 is 11.7 Å². The number of halogens is 1. The second-order valence-corrected chi connectivity index (χ2v) is 8.96. The molecule has 0 fully saturated rings. The molecule has 1 atom stereocenters. The van der Waals surface area contributed by atoms with Gasteiger partial charge in [-0.05, 0) is 37.5 Å². The number of alkyl carbamates (subject to hydrolysis) is 1. The molecule has 0 bridgehead atoms. The molecule has 0 saturated carbocycles. The summed E-state index contributed by atoms with van der Waals surface area (Å²) in [5.41, 5.74) is 2.41. The van der Waals surface area contributed by atoms with Crippen molar-refractivity contribution in [2.45, 2.75) is 49.9 Å². The summed E-state index contributed by atoms with van der Waals surface area (Å²) in [4.78, 5) is 23.8. The molecule has 0 unspecified atom stereocenters. The molecule has 1 amide bonds. The molecule has 28 heavy (non-hydrogen) atoms. The molecule has 0 aliphatic carbocycles. The van der Waals surface area contributed by atoms with Gasteiger partial charge in [-0.2, -0.15) is 0 Å². The van der Waals surface area contributed by atoms with Crippen molar-refractivity contribution in [2.24, 2.45) is 0 Å². The standard InChI is InChI=1S/C22H26INO4/c1-22(2,3)28-21(26)24-19(23)13-16-9-11-17(12-10-16)14-20(25)27-15-18-7-5-4-6-8-18/h4-12,19H,13-15H2,1-3H3,(H,24,26)/t19-/m0/s1. The van der Waals surface area contributed by atoms with Crippen molar-refractivity contribution in [3.63, 3.8) is 0 Å². The third-order valence-electron chi connectivity index (χ3n) is 3.70. The number of nitrogens with one attached hydrogen (secondary N) is 1. The molecular formula is C22H26INO4. The third-order valence-corrected chi connectivity index (χ3v) is 4.45. The van der Waals surface area contributed by atoms with Crippen LogP contribution in [0.2, 0.25) is 0 Å². The highest BCUT2D eigenvalue weighted by Gasteiger charge is 2.18. The van der Waals surface area contributed by atoms with Gasteiger partial charge >= 0.3 is 12.1 Å². The Balaban J connectivity index is 1.77. The van der Waals surface area contributed by atoms with Crippen LogP contribution in [0.15, 0.2) is 54.6 Å². The maximum Gasteiger partial charge on any atom is 0.408 e. The van der Waals surface area contributed by atoms with Crippen molar-refractivity contribution in [1.82, 2.24) is 5.32 Å². The average Bonchev–Trinajstić information content (AvgIpc) is 2.61. The van der Waals surface area contributed by atoms with Crippen molar-refractivity contribution < 1.29 is 19.1 Å². The van der Waals surface area contributed by atoms with Crippen molar-refractivity contribution in [3.05, 3.63) is 71.3 Å². The van der Waals surface area contributed by atoms with Crippen molar-refractivity contribution in [3.8, 4) is 0 Å². The lowest BCUT2D eigenvalue weighted by atomic mass is 10.1. The fraction of sp³-hybridized carbons (Fsp3) is 0.364. The Morgan fingerprint density at radius 2 is 1.57 bits per heavy atom. The highest BCUT2D eigenvalue weighted by Crippen LogP contribution is 2.13. The first kappa shape index (κ1) is 22.2. The molecule has 2 aromatic rings. The molecule has 6 heteroatoms. The zero-order valence-corrected chi connectivity index (χ0v) is 18.6. The molecule has 0 radical (unpaired) electrons. The lowest BCUT2D eigenvalue weighted by Gasteiger charge is -2.21. The van der Waals surface area contributed by atoms with Crippen LogP contribution in [0.5, 0.6) is 0 Å². The molecule has 0 aromatic heterocycles. The smallest absolute Gasteiger partial charge is 0.408 e. The summed E-state index contributed by atoms with van der Waals surface area (Å²) in [5.74, 6) is -0.255. The fourth-order valence-electron chi connectivity index (χ4n) is 2.44. The van der Waals surface area contributed by atoms with Crippen LogP contribution in [-0.4, -0.2) is 21.7 Å². The van der Waals surface area contributed by atoms with Crippen molar-refractivity contribution in [2.75, 3.05) is 0 Å². The van der Waals surface area contributed by atoms with E-state index in [1.807, 2.05) is 75.4 Å². The van der Waals surface area contributed by atoms with Gasteiger partial charge in [0.1, 0.15) is 12.2 Å². The van der Waals surface area contributed by atoms with Gasteiger partial charge < -0.3 is 14.8 Å². The van der Waals surface area contributed by atoms with Crippen molar-refractivity contribution in [1.29, 1.82) is 0 Å². The van der Waals surface area contributed by atoms with E-state index in [0.29, 0.717) is 6.42 Å². The molecule has 2 rings (SSSR count). The summed E-state index contributed by atoms with van der Waals surface area (Å²) in [6.45, 7) is 5.78. The number of hydrogen-bond acceptors (Lipinski definition) is 4. The summed E-state index contributed by atoms with van der Waals surface area (Å²) in [6, 6.07) is 17.4. The number of hydrogen-bond donors (Lipinski definition) is 1. The number of esters is 1. The Hall–Kier alpha value is -2.09. The minimum Gasteiger partial charge on any atom is -0.461 e. The summed E-state index contributed by atoms with van der Waals surface area (Å²) >= 11 is 2.17. The summed E-state index contributed by atoms with van der Waals surface area (Å²) in [5, 5.41) is 2.82. The van der Waals surface area contributed by atoms with Gasteiger partial charge in [-0.1, -0.05) is 77.2 Å². The number of ether oxygens (including phenoxy) is 2. The van der Waals surface area contributed by atoms with Gasteiger partial charge in [0.25, 0.3) is 0 Å². The normalized spacial score (nSPS) is 12.1. The Kier molecular flexibility index (Phi) is 8.29. The van der Waals surface area contributed by atoms with E-state index in [-0.39, 0.29) is 23.0 Å². The minimum absolute atomic E-state index is 0.0888. The van der Waals surface area contributed by atoms with Crippen LogP contribution < -0.4 is 5.32 Å². The molecule has 0 spiro atoms. The van der Waals surface area contributed by atoms with Gasteiger partial charge in [0.05, 0.1) is 10.5 Å². The van der Waals surface area contributed by atoms with E-state index >= 15 is 0 Å². The highest BCUT2D eigenvalue weighted by molar-refractivity contribution is 14.1. The molecule has 1 N–H and O–H groups in total. The zero-order chi connectivity index (χ0) is 20.6. The lowest BCUT2D eigenvalue weighted by Crippen LogP contribution is -2.37. The number of amides is 1. The number of alkyl halides is 1. The van der Waals surface area contributed by atoms with Crippen LogP contribution in [0.1, 0.15) is 37.5 Å². The number of carbonyl (C=O) groups excluding carboxylic acids is 2. The van der Waals surface area contributed by atoms with E-state index in [2.05, 4.69) is 27.9 Å². The second kappa shape index (κ2) is 10.5. The number of benzene rings is 2. The first-order valence-corrected chi connectivity index (χ1v) is 10.4. The average molecular weight is 495 g/mol. The summed E-state index contributed by atoms with van der Waals surface area (Å²) < 4.78 is 10.5. The minimum atomic E-state index is -0.517. The Morgan fingerprint density at radius 1 is 0.964 bits per heavy atom. The largest absolute Gasteiger partial charge is 0.461 e. The van der Waals surface area contributed by atoms with Gasteiger partial charge in [0.15, 0.2) is 0 Å². The zero-order valence-electron chi connectivity index (χ0n) is 16.4. The molecule has 0 saturated heterocycles. The number of carbonyl (C=O) groups is 2. The molecule has 2 aromatic carbocycles. The van der Waals surface area contributed by atoms with Crippen LogP contribution >= 0.6 is 22.6 Å². The summed E-state index contributed by atoms with van der Waals surface area (Å²) in [7, 11) is 0. The van der Waals surface area contributed by atoms with Gasteiger partial charge in [0, 0.05) is 6.42 Å². The van der Waals surface area contributed by atoms with Crippen LogP contribution in [-0.2, 0) is 33.7 Å². The molecular weight excluding hydrogens is 469 g/mol. The van der Waals surface area contributed by atoms with Crippen LogP contribution in [0, 0.1) is 0 Å². The van der Waals surface area contributed by atoms with E-state index in [1.54, 1.807) is 0 Å². The monoisotopic (exact) mass is 495 g/mol. The maximum absolute atomic E-state index is 12.0. The highest BCUT2D eigenvalue weighted by atomic mass is 127.